The first-order valence-corrected chi connectivity index (χ1v) is 10.6. The molecule has 29 heavy (non-hydrogen) atoms. The molecule has 0 N–H and O–H groups in total. The molecular weight excluding hydrogens is 386 g/mol. The van der Waals surface area contributed by atoms with E-state index >= 15 is 0 Å². The molecule has 2 aromatic carbocycles. The van der Waals surface area contributed by atoms with Crippen LogP contribution >= 0.6 is 11.3 Å². The first kappa shape index (κ1) is 19.4. The average Bonchev–Trinajstić information content (AvgIpc) is 3.16. The number of piperazine rings is 1. The van der Waals surface area contributed by atoms with Gasteiger partial charge in [-0.15, -0.1) is 0 Å². The molecule has 150 valence electrons. The van der Waals surface area contributed by atoms with Crippen molar-refractivity contribution in [2.75, 3.05) is 31.1 Å². The minimum atomic E-state index is -0.374. The minimum absolute atomic E-state index is 0.00378. The molecule has 0 atom stereocenters. The molecule has 1 saturated heterocycles. The van der Waals surface area contributed by atoms with Crippen molar-refractivity contribution in [2.45, 2.75) is 20.3 Å². The second-order valence-corrected chi connectivity index (χ2v) is 8.06. The summed E-state index contributed by atoms with van der Waals surface area (Å²) in [5.41, 5.74) is 2.96. The maximum absolute atomic E-state index is 12.8. The molecule has 6 nitrogen and oxygen atoms in total. The van der Waals surface area contributed by atoms with E-state index in [1.807, 2.05) is 4.90 Å². The second kappa shape index (κ2) is 8.21. The van der Waals surface area contributed by atoms with Crippen LogP contribution in [0.25, 0.3) is 10.2 Å². The van der Waals surface area contributed by atoms with Crippen LogP contribution in [-0.2, 0) is 11.2 Å². The van der Waals surface area contributed by atoms with Crippen LogP contribution in [0, 0.1) is 0 Å². The lowest BCUT2D eigenvalue weighted by molar-refractivity contribution is -0.131. The zero-order valence-corrected chi connectivity index (χ0v) is 17.4. The van der Waals surface area contributed by atoms with E-state index in [4.69, 9.17) is 9.72 Å². The number of carbonyl (C=O) groups is 2. The Morgan fingerprint density at radius 1 is 1.07 bits per heavy atom. The Bertz CT molecular complexity index is 1040. The van der Waals surface area contributed by atoms with Gasteiger partial charge in [-0.05, 0) is 48.4 Å². The van der Waals surface area contributed by atoms with E-state index in [-0.39, 0.29) is 11.9 Å². The van der Waals surface area contributed by atoms with Crippen LogP contribution in [-0.4, -0.2) is 47.9 Å². The van der Waals surface area contributed by atoms with E-state index in [1.165, 1.54) is 17.2 Å². The molecule has 4 rings (SSSR count). The van der Waals surface area contributed by atoms with E-state index < -0.39 is 0 Å². The van der Waals surface area contributed by atoms with Crippen LogP contribution in [0.5, 0.6) is 5.75 Å². The fourth-order valence-corrected chi connectivity index (χ4v) is 4.51. The number of ether oxygens (including phenoxy) is 1. The van der Waals surface area contributed by atoms with E-state index in [1.54, 1.807) is 35.6 Å². The van der Waals surface area contributed by atoms with Crippen molar-refractivity contribution in [3.63, 3.8) is 0 Å². The summed E-state index contributed by atoms with van der Waals surface area (Å²) in [4.78, 5) is 32.7. The van der Waals surface area contributed by atoms with E-state index in [0.717, 1.165) is 30.2 Å². The summed E-state index contributed by atoms with van der Waals surface area (Å²) >= 11 is 1.72. The van der Waals surface area contributed by atoms with Gasteiger partial charge in [0.05, 0.1) is 10.2 Å². The molecule has 7 heteroatoms. The molecule has 0 unspecified atom stereocenters. The van der Waals surface area contributed by atoms with Gasteiger partial charge in [0.15, 0.2) is 5.13 Å². The van der Waals surface area contributed by atoms with Gasteiger partial charge >= 0.3 is 5.97 Å². The lowest BCUT2D eigenvalue weighted by atomic mass is 10.1. The highest BCUT2D eigenvalue weighted by atomic mass is 32.1. The quantitative estimate of drug-likeness (QED) is 0.485. The molecule has 1 fully saturated rings. The molecule has 1 amide bonds. The number of aromatic nitrogens is 1. The van der Waals surface area contributed by atoms with Gasteiger partial charge in [-0.25, -0.2) is 4.98 Å². The normalized spacial score (nSPS) is 14.3. The number of fused-ring (bicyclic) bond motifs is 1. The van der Waals surface area contributed by atoms with Crippen molar-refractivity contribution in [1.82, 2.24) is 9.88 Å². The smallest absolute Gasteiger partial charge is 0.308 e. The molecule has 0 radical (unpaired) electrons. The van der Waals surface area contributed by atoms with Crippen molar-refractivity contribution in [1.29, 1.82) is 0 Å². The molecule has 0 aliphatic carbocycles. The number of carbonyl (C=O) groups excluding carboxylic acids is 2. The van der Waals surface area contributed by atoms with Gasteiger partial charge in [0, 0.05) is 38.7 Å². The highest BCUT2D eigenvalue weighted by Gasteiger charge is 2.24. The predicted molar refractivity (Wildman–Crippen MR) is 115 cm³/mol. The van der Waals surface area contributed by atoms with Gasteiger partial charge in [-0.1, -0.05) is 24.3 Å². The van der Waals surface area contributed by atoms with Gasteiger partial charge in [0.2, 0.25) is 0 Å². The topological polar surface area (TPSA) is 62.7 Å². The largest absolute Gasteiger partial charge is 0.427 e. The number of thiazole rings is 1. The van der Waals surface area contributed by atoms with E-state index in [0.29, 0.717) is 24.4 Å². The number of esters is 1. The van der Waals surface area contributed by atoms with Crippen molar-refractivity contribution in [3.8, 4) is 5.75 Å². The number of benzene rings is 2. The fourth-order valence-electron chi connectivity index (χ4n) is 3.43. The zero-order valence-electron chi connectivity index (χ0n) is 16.6. The lowest BCUT2D eigenvalue weighted by Crippen LogP contribution is -2.48. The molecule has 3 aromatic rings. The molecule has 1 aromatic heterocycles. The molecule has 1 aliphatic rings. The number of nitrogens with zero attached hydrogens (tertiary/aromatic N) is 3. The summed E-state index contributed by atoms with van der Waals surface area (Å²) < 4.78 is 6.23. The number of hydrogen-bond acceptors (Lipinski definition) is 6. The third-order valence-electron chi connectivity index (χ3n) is 5.05. The summed E-state index contributed by atoms with van der Waals surface area (Å²) in [5, 5.41) is 1.02. The van der Waals surface area contributed by atoms with Crippen molar-refractivity contribution in [3.05, 3.63) is 53.6 Å². The lowest BCUT2D eigenvalue weighted by Gasteiger charge is -2.34. The first-order chi connectivity index (χ1) is 14.0. The van der Waals surface area contributed by atoms with Gasteiger partial charge in [-0.2, -0.15) is 0 Å². The van der Waals surface area contributed by atoms with Crippen LogP contribution in [0.15, 0.2) is 42.5 Å². The Labute approximate surface area is 173 Å². The second-order valence-electron chi connectivity index (χ2n) is 7.05. The maximum Gasteiger partial charge on any atom is 0.308 e. The van der Waals surface area contributed by atoms with E-state index in [2.05, 4.69) is 30.0 Å². The summed E-state index contributed by atoms with van der Waals surface area (Å²) in [6.07, 6.45) is 1.02. The summed E-state index contributed by atoms with van der Waals surface area (Å²) in [6, 6.07) is 13.1. The Balaban J connectivity index is 1.40. The predicted octanol–water partition coefficient (Wildman–Crippen LogP) is 3.75. The number of anilines is 1. The van der Waals surface area contributed by atoms with Crippen LogP contribution in [0.1, 0.15) is 29.8 Å². The number of rotatable bonds is 4. The third-order valence-corrected chi connectivity index (χ3v) is 6.13. The average molecular weight is 410 g/mol. The van der Waals surface area contributed by atoms with Gasteiger partial charge < -0.3 is 14.5 Å². The molecular formula is C22H23N3O3S. The van der Waals surface area contributed by atoms with Crippen LogP contribution in [0.2, 0.25) is 0 Å². The SMILES string of the molecule is CCc1ccc2nc(N3CCN(C(=O)c4ccc(OC(C)=O)cc4)CC3)sc2c1. The first-order valence-electron chi connectivity index (χ1n) is 9.75. The van der Waals surface area contributed by atoms with Crippen molar-refractivity contribution in [2.24, 2.45) is 0 Å². The molecule has 0 saturated carbocycles. The van der Waals surface area contributed by atoms with Crippen molar-refractivity contribution < 1.29 is 14.3 Å². The van der Waals surface area contributed by atoms with Gasteiger partial charge in [0.1, 0.15) is 5.75 Å². The third kappa shape index (κ3) is 4.24. The molecule has 1 aliphatic heterocycles. The number of amides is 1. The Morgan fingerprint density at radius 2 is 1.79 bits per heavy atom. The zero-order chi connectivity index (χ0) is 20.4. The Morgan fingerprint density at radius 3 is 2.45 bits per heavy atom. The minimum Gasteiger partial charge on any atom is -0.427 e. The summed E-state index contributed by atoms with van der Waals surface area (Å²) in [6.45, 7) is 6.34. The van der Waals surface area contributed by atoms with Crippen LogP contribution in [0.3, 0.4) is 0 Å². The van der Waals surface area contributed by atoms with E-state index in [9.17, 15) is 9.59 Å². The highest BCUT2D eigenvalue weighted by molar-refractivity contribution is 7.22. The molecule has 0 spiro atoms. The monoisotopic (exact) mass is 409 g/mol. The molecule has 0 bridgehead atoms. The maximum atomic E-state index is 12.8. The van der Waals surface area contributed by atoms with Gasteiger partial charge in [0.25, 0.3) is 5.91 Å². The number of hydrogen-bond donors (Lipinski definition) is 0. The number of aryl methyl sites for hydroxylation is 1. The van der Waals surface area contributed by atoms with Crippen LogP contribution in [0.4, 0.5) is 5.13 Å². The fraction of sp³-hybridized carbons (Fsp3) is 0.318. The van der Waals surface area contributed by atoms with Crippen molar-refractivity contribution >= 4 is 38.6 Å². The Hall–Kier alpha value is -2.93. The van der Waals surface area contributed by atoms with Gasteiger partial charge in [-0.3, -0.25) is 9.59 Å². The summed E-state index contributed by atoms with van der Waals surface area (Å²) in [5.74, 6) is 0.0674. The Kier molecular flexibility index (Phi) is 5.49. The summed E-state index contributed by atoms with van der Waals surface area (Å²) in [7, 11) is 0. The highest BCUT2D eigenvalue weighted by Crippen LogP contribution is 2.30. The molecule has 2 heterocycles. The standard InChI is InChI=1S/C22H23N3O3S/c1-3-16-4-9-19-20(14-16)29-22(23-19)25-12-10-24(11-13-25)21(27)17-5-7-18(8-6-17)28-15(2)26/h4-9,14H,3,10-13H2,1-2H3. The van der Waals surface area contributed by atoms with Crippen LogP contribution < -0.4 is 9.64 Å².